The Balaban J connectivity index is 1.95. The summed E-state index contributed by atoms with van der Waals surface area (Å²) < 4.78 is 5.42. The maximum absolute atomic E-state index is 5.42. The average Bonchev–Trinajstić information content (AvgIpc) is 2.28. The van der Waals surface area contributed by atoms with Gasteiger partial charge in [-0.1, -0.05) is 0 Å². The van der Waals surface area contributed by atoms with Gasteiger partial charge in [-0.05, 0) is 36.2 Å². The van der Waals surface area contributed by atoms with Crippen molar-refractivity contribution in [2.75, 3.05) is 24.7 Å². The third-order valence-corrected chi connectivity index (χ3v) is 3.92. The molecular weight excluding hydrogens is 144 g/mol. The fourth-order valence-corrected chi connectivity index (χ4v) is 3.47. The highest BCUT2D eigenvalue weighted by Gasteiger charge is 2.28. The van der Waals surface area contributed by atoms with Crippen LogP contribution in [0.2, 0.25) is 0 Å². The van der Waals surface area contributed by atoms with E-state index in [4.69, 9.17) is 4.74 Å². The van der Waals surface area contributed by atoms with Crippen molar-refractivity contribution in [3.05, 3.63) is 0 Å². The van der Waals surface area contributed by atoms with Crippen LogP contribution < -0.4 is 0 Å². The fraction of sp³-hybridized carbons (Fsp3) is 1.00. The zero-order valence-electron chi connectivity index (χ0n) is 6.21. The molecule has 2 fully saturated rings. The molecule has 1 nitrogen and oxygen atoms in total. The van der Waals surface area contributed by atoms with Gasteiger partial charge in [-0.3, -0.25) is 0 Å². The van der Waals surface area contributed by atoms with Crippen molar-refractivity contribution < 1.29 is 4.74 Å². The summed E-state index contributed by atoms with van der Waals surface area (Å²) in [4.78, 5) is 0. The van der Waals surface area contributed by atoms with Crippen LogP contribution in [0, 0.1) is 11.8 Å². The quantitative estimate of drug-likeness (QED) is 0.531. The number of thioether (sulfide) groups is 1. The Morgan fingerprint density at radius 1 is 1.00 bits per heavy atom. The predicted octanol–water partition coefficient (Wildman–Crippen LogP) is 1.78. The number of rotatable bonds is 0. The van der Waals surface area contributed by atoms with Crippen molar-refractivity contribution >= 4 is 11.8 Å². The summed E-state index contributed by atoms with van der Waals surface area (Å²) in [5, 5.41) is 0. The molecule has 0 radical (unpaired) electrons. The minimum atomic E-state index is 0.993. The van der Waals surface area contributed by atoms with Gasteiger partial charge < -0.3 is 4.74 Å². The van der Waals surface area contributed by atoms with Gasteiger partial charge >= 0.3 is 0 Å². The van der Waals surface area contributed by atoms with E-state index in [1.807, 2.05) is 0 Å². The molecule has 0 bridgehead atoms. The van der Waals surface area contributed by atoms with Gasteiger partial charge in [0.05, 0.1) is 0 Å². The van der Waals surface area contributed by atoms with Gasteiger partial charge in [0.2, 0.25) is 0 Å². The van der Waals surface area contributed by atoms with Crippen LogP contribution in [0.1, 0.15) is 12.8 Å². The van der Waals surface area contributed by atoms with E-state index >= 15 is 0 Å². The van der Waals surface area contributed by atoms with Crippen LogP contribution in [0.25, 0.3) is 0 Å². The molecule has 2 heteroatoms. The van der Waals surface area contributed by atoms with Gasteiger partial charge in [0.1, 0.15) is 0 Å². The third kappa shape index (κ3) is 1.32. The molecular formula is C8H14OS. The van der Waals surface area contributed by atoms with Crippen molar-refractivity contribution in [2.24, 2.45) is 11.8 Å². The van der Waals surface area contributed by atoms with Crippen LogP contribution in [0.15, 0.2) is 0 Å². The Bertz CT molecular complexity index is 104. The van der Waals surface area contributed by atoms with Gasteiger partial charge in [0.25, 0.3) is 0 Å². The summed E-state index contributed by atoms with van der Waals surface area (Å²) in [6.45, 7) is 2.03. The van der Waals surface area contributed by atoms with Crippen molar-refractivity contribution in [2.45, 2.75) is 12.8 Å². The van der Waals surface area contributed by atoms with Crippen LogP contribution in [-0.2, 0) is 4.74 Å². The molecule has 0 aromatic rings. The van der Waals surface area contributed by atoms with E-state index in [9.17, 15) is 0 Å². The van der Waals surface area contributed by atoms with Gasteiger partial charge in [-0.25, -0.2) is 0 Å². The zero-order chi connectivity index (χ0) is 6.81. The fourth-order valence-electron chi connectivity index (χ4n) is 1.85. The molecule has 2 atom stereocenters. The topological polar surface area (TPSA) is 9.23 Å². The van der Waals surface area contributed by atoms with E-state index in [1.54, 1.807) is 0 Å². The number of hydrogen-bond donors (Lipinski definition) is 0. The van der Waals surface area contributed by atoms with E-state index in [0.717, 1.165) is 25.0 Å². The lowest BCUT2D eigenvalue weighted by molar-refractivity contribution is 0.141. The second-order valence-corrected chi connectivity index (χ2v) is 4.32. The molecule has 0 aliphatic carbocycles. The van der Waals surface area contributed by atoms with Gasteiger partial charge in [0.15, 0.2) is 0 Å². The Hall–Kier alpha value is 0.310. The molecule has 2 unspecified atom stereocenters. The van der Waals surface area contributed by atoms with E-state index in [0.29, 0.717) is 0 Å². The molecule has 58 valence electrons. The summed E-state index contributed by atoms with van der Waals surface area (Å²) in [6.07, 6.45) is 2.63. The first-order chi connectivity index (χ1) is 4.97. The summed E-state index contributed by atoms with van der Waals surface area (Å²) in [7, 11) is 0. The standard InChI is InChI=1S/C8H14OS/c1-3-9-4-2-8-6-10-5-7(1)8/h7-8H,1-6H2. The maximum Gasteiger partial charge on any atom is 0.0469 e. The highest BCUT2D eigenvalue weighted by molar-refractivity contribution is 7.99. The summed E-state index contributed by atoms with van der Waals surface area (Å²) >= 11 is 2.13. The number of fused-ring (bicyclic) bond motifs is 1. The summed E-state index contributed by atoms with van der Waals surface area (Å²) in [5.74, 6) is 4.78. The molecule has 0 spiro atoms. The minimum absolute atomic E-state index is 0.993. The lowest BCUT2D eigenvalue weighted by atomic mass is 9.92. The monoisotopic (exact) mass is 158 g/mol. The van der Waals surface area contributed by atoms with Gasteiger partial charge in [0, 0.05) is 13.2 Å². The number of hydrogen-bond acceptors (Lipinski definition) is 2. The van der Waals surface area contributed by atoms with E-state index in [1.165, 1.54) is 24.3 Å². The molecule has 0 N–H and O–H groups in total. The van der Waals surface area contributed by atoms with Crippen molar-refractivity contribution in [1.29, 1.82) is 0 Å². The Morgan fingerprint density at radius 3 is 2.20 bits per heavy atom. The Kier molecular flexibility index (Phi) is 2.19. The number of ether oxygens (including phenoxy) is 1. The molecule has 2 aliphatic rings. The normalized spacial score (nSPS) is 40.8. The zero-order valence-corrected chi connectivity index (χ0v) is 7.03. The molecule has 2 aliphatic heterocycles. The molecule has 0 aromatic carbocycles. The SMILES string of the molecule is C1CC2CSCC2CCO1. The second kappa shape index (κ2) is 3.14. The van der Waals surface area contributed by atoms with E-state index < -0.39 is 0 Å². The highest BCUT2D eigenvalue weighted by atomic mass is 32.2. The molecule has 2 heterocycles. The molecule has 0 amide bonds. The highest BCUT2D eigenvalue weighted by Crippen LogP contribution is 2.35. The smallest absolute Gasteiger partial charge is 0.0469 e. The summed E-state index contributed by atoms with van der Waals surface area (Å²) in [6, 6.07) is 0. The summed E-state index contributed by atoms with van der Waals surface area (Å²) in [5.41, 5.74) is 0. The van der Waals surface area contributed by atoms with Crippen molar-refractivity contribution in [3.8, 4) is 0 Å². The second-order valence-electron chi connectivity index (χ2n) is 3.25. The van der Waals surface area contributed by atoms with Crippen LogP contribution >= 0.6 is 11.8 Å². The van der Waals surface area contributed by atoms with Crippen LogP contribution in [0.4, 0.5) is 0 Å². The lowest BCUT2D eigenvalue weighted by Crippen LogP contribution is -2.10. The minimum Gasteiger partial charge on any atom is -0.381 e. The first kappa shape index (κ1) is 6.99. The van der Waals surface area contributed by atoms with Crippen molar-refractivity contribution in [1.82, 2.24) is 0 Å². The predicted molar refractivity (Wildman–Crippen MR) is 44.4 cm³/mol. The van der Waals surface area contributed by atoms with Gasteiger partial charge in [-0.15, -0.1) is 0 Å². The average molecular weight is 158 g/mol. The van der Waals surface area contributed by atoms with E-state index in [2.05, 4.69) is 11.8 Å². The molecule has 0 saturated carbocycles. The van der Waals surface area contributed by atoms with Gasteiger partial charge in [-0.2, -0.15) is 11.8 Å². The van der Waals surface area contributed by atoms with Crippen LogP contribution in [-0.4, -0.2) is 24.7 Å². The largest absolute Gasteiger partial charge is 0.381 e. The lowest BCUT2D eigenvalue weighted by Gasteiger charge is -2.11. The first-order valence-corrected chi connectivity index (χ1v) is 5.28. The molecule has 10 heavy (non-hydrogen) atoms. The van der Waals surface area contributed by atoms with Crippen LogP contribution in [0.5, 0.6) is 0 Å². The van der Waals surface area contributed by atoms with E-state index in [-0.39, 0.29) is 0 Å². The van der Waals surface area contributed by atoms with Crippen molar-refractivity contribution in [3.63, 3.8) is 0 Å². The first-order valence-electron chi connectivity index (χ1n) is 4.12. The maximum atomic E-state index is 5.42. The third-order valence-electron chi connectivity index (χ3n) is 2.60. The van der Waals surface area contributed by atoms with Crippen LogP contribution in [0.3, 0.4) is 0 Å². The molecule has 0 aromatic heterocycles. The molecule has 2 saturated heterocycles. The molecule has 2 rings (SSSR count). The Labute approximate surface area is 66.5 Å². The Morgan fingerprint density at radius 2 is 1.60 bits per heavy atom.